The van der Waals surface area contributed by atoms with Crippen LogP contribution in [0.4, 0.5) is 0 Å². The molecule has 3 rings (SSSR count). The summed E-state index contributed by atoms with van der Waals surface area (Å²) in [4.78, 5) is 14.3. The van der Waals surface area contributed by atoms with Crippen LogP contribution in [0.3, 0.4) is 0 Å². The van der Waals surface area contributed by atoms with Gasteiger partial charge in [0, 0.05) is 18.6 Å². The molecule has 1 aromatic rings. The molecule has 0 heterocycles. The van der Waals surface area contributed by atoms with Crippen molar-refractivity contribution in [3.63, 3.8) is 0 Å². The quantitative estimate of drug-likeness (QED) is 0.829. The normalized spacial score (nSPS) is 18.7. The van der Waals surface area contributed by atoms with Crippen LogP contribution in [-0.2, 0) is 11.3 Å². The van der Waals surface area contributed by atoms with Crippen LogP contribution in [0, 0.1) is 0 Å². The highest BCUT2D eigenvalue weighted by Gasteiger charge is 2.33. The van der Waals surface area contributed by atoms with E-state index >= 15 is 0 Å². The summed E-state index contributed by atoms with van der Waals surface area (Å²) in [7, 11) is 0. The van der Waals surface area contributed by atoms with E-state index in [2.05, 4.69) is 17.4 Å². The van der Waals surface area contributed by atoms with Gasteiger partial charge in [-0.3, -0.25) is 4.79 Å². The van der Waals surface area contributed by atoms with Crippen molar-refractivity contribution in [2.75, 3.05) is 6.54 Å². The number of amides is 1. The predicted molar refractivity (Wildman–Crippen MR) is 71.0 cm³/mol. The summed E-state index contributed by atoms with van der Waals surface area (Å²) in [6.07, 6.45) is 4.80. The van der Waals surface area contributed by atoms with Gasteiger partial charge in [-0.15, -0.1) is 0 Å². The molecule has 0 aliphatic heterocycles. The van der Waals surface area contributed by atoms with E-state index in [1.54, 1.807) is 0 Å². The molecular weight excluding hydrogens is 224 g/mol. The fourth-order valence-electron chi connectivity index (χ4n) is 2.21. The summed E-state index contributed by atoms with van der Waals surface area (Å²) in [5.74, 6) is 0.258. The monoisotopic (exact) mass is 244 g/mol. The van der Waals surface area contributed by atoms with Crippen molar-refractivity contribution < 1.29 is 4.79 Å². The minimum Gasteiger partial charge on any atom is -0.334 e. The largest absolute Gasteiger partial charge is 0.334 e. The van der Waals surface area contributed by atoms with E-state index in [-0.39, 0.29) is 5.91 Å². The Morgan fingerprint density at radius 1 is 1.17 bits per heavy atom. The van der Waals surface area contributed by atoms with Gasteiger partial charge >= 0.3 is 0 Å². The smallest absolute Gasteiger partial charge is 0.237 e. The number of rotatable bonds is 6. The second-order valence-electron chi connectivity index (χ2n) is 5.39. The Balaban J connectivity index is 1.58. The Bertz CT molecular complexity index is 410. The Kier molecular flexibility index (Phi) is 3.33. The molecule has 3 heteroatoms. The van der Waals surface area contributed by atoms with Crippen molar-refractivity contribution in [2.45, 2.75) is 44.3 Å². The highest BCUT2D eigenvalue weighted by Crippen LogP contribution is 2.28. The van der Waals surface area contributed by atoms with Gasteiger partial charge in [-0.2, -0.15) is 0 Å². The number of benzene rings is 1. The molecule has 2 aliphatic rings. The molecule has 2 fully saturated rings. The minimum absolute atomic E-state index is 0.258. The summed E-state index contributed by atoms with van der Waals surface area (Å²) >= 11 is 0. The molecule has 96 valence electrons. The van der Waals surface area contributed by atoms with Gasteiger partial charge in [0.1, 0.15) is 0 Å². The van der Waals surface area contributed by atoms with Crippen molar-refractivity contribution in [3.8, 4) is 0 Å². The van der Waals surface area contributed by atoms with E-state index in [1.165, 1.54) is 31.2 Å². The van der Waals surface area contributed by atoms with Crippen LogP contribution in [0.1, 0.15) is 31.2 Å². The van der Waals surface area contributed by atoms with Gasteiger partial charge in [0.2, 0.25) is 5.91 Å². The fourth-order valence-corrected chi connectivity index (χ4v) is 2.21. The Labute approximate surface area is 108 Å². The third-order valence-electron chi connectivity index (χ3n) is 3.62. The average Bonchev–Trinajstić information content (AvgIpc) is 3.28. The summed E-state index contributed by atoms with van der Waals surface area (Å²) in [6.45, 7) is 1.27. The van der Waals surface area contributed by atoms with Gasteiger partial charge < -0.3 is 10.2 Å². The number of nitrogens with zero attached hydrogens (tertiary/aromatic N) is 1. The molecule has 2 saturated carbocycles. The van der Waals surface area contributed by atoms with Crippen molar-refractivity contribution in [1.29, 1.82) is 0 Å². The Hall–Kier alpha value is -1.35. The van der Waals surface area contributed by atoms with Crippen LogP contribution in [0.25, 0.3) is 0 Å². The van der Waals surface area contributed by atoms with E-state index in [1.807, 2.05) is 23.1 Å². The van der Waals surface area contributed by atoms with Crippen molar-refractivity contribution in [2.24, 2.45) is 0 Å². The molecule has 18 heavy (non-hydrogen) atoms. The van der Waals surface area contributed by atoms with Crippen LogP contribution in [-0.4, -0.2) is 29.4 Å². The SMILES string of the molecule is O=C(CNC1CC1)N(Cc1ccccc1)C1CC1. The maximum atomic E-state index is 12.2. The molecule has 0 atom stereocenters. The lowest BCUT2D eigenvalue weighted by Crippen LogP contribution is -2.39. The molecule has 2 aliphatic carbocycles. The number of nitrogens with one attached hydrogen (secondary N) is 1. The highest BCUT2D eigenvalue weighted by molar-refractivity contribution is 5.79. The van der Waals surface area contributed by atoms with Gasteiger partial charge in [-0.1, -0.05) is 30.3 Å². The zero-order valence-corrected chi connectivity index (χ0v) is 10.6. The number of hydrogen-bond donors (Lipinski definition) is 1. The lowest BCUT2D eigenvalue weighted by atomic mass is 10.2. The molecule has 0 aromatic heterocycles. The lowest BCUT2D eigenvalue weighted by molar-refractivity contribution is -0.131. The van der Waals surface area contributed by atoms with Gasteiger partial charge in [0.25, 0.3) is 0 Å². The summed E-state index contributed by atoms with van der Waals surface area (Å²) in [6, 6.07) is 11.4. The molecule has 3 nitrogen and oxygen atoms in total. The zero-order valence-electron chi connectivity index (χ0n) is 10.6. The minimum atomic E-state index is 0.258. The third-order valence-corrected chi connectivity index (χ3v) is 3.62. The topological polar surface area (TPSA) is 32.3 Å². The van der Waals surface area contributed by atoms with E-state index in [0.717, 1.165) is 6.54 Å². The van der Waals surface area contributed by atoms with Crippen LogP contribution in [0.15, 0.2) is 30.3 Å². The first kappa shape index (κ1) is 11.7. The van der Waals surface area contributed by atoms with Crippen LogP contribution in [0.2, 0.25) is 0 Å². The van der Waals surface area contributed by atoms with Crippen LogP contribution < -0.4 is 5.32 Å². The first-order valence-corrected chi connectivity index (χ1v) is 6.90. The first-order valence-electron chi connectivity index (χ1n) is 6.90. The molecule has 0 unspecified atom stereocenters. The number of carbonyl (C=O) groups is 1. The molecule has 0 saturated heterocycles. The van der Waals surface area contributed by atoms with Gasteiger partial charge in [-0.25, -0.2) is 0 Å². The fraction of sp³-hybridized carbons (Fsp3) is 0.533. The Morgan fingerprint density at radius 3 is 2.50 bits per heavy atom. The lowest BCUT2D eigenvalue weighted by Gasteiger charge is -2.22. The van der Waals surface area contributed by atoms with Gasteiger partial charge in [0.15, 0.2) is 0 Å². The second-order valence-corrected chi connectivity index (χ2v) is 5.39. The van der Waals surface area contributed by atoms with Crippen LogP contribution in [0.5, 0.6) is 0 Å². The standard InChI is InChI=1S/C15H20N2O/c18-15(10-16-13-6-7-13)17(14-8-9-14)11-12-4-2-1-3-5-12/h1-5,13-14,16H,6-11H2. The highest BCUT2D eigenvalue weighted by atomic mass is 16.2. The first-order chi connectivity index (χ1) is 8.83. The molecule has 0 bridgehead atoms. The molecule has 0 radical (unpaired) electrons. The van der Waals surface area contributed by atoms with E-state index in [4.69, 9.17) is 0 Å². The second kappa shape index (κ2) is 5.11. The van der Waals surface area contributed by atoms with Crippen LogP contribution >= 0.6 is 0 Å². The van der Waals surface area contributed by atoms with Crippen molar-refractivity contribution in [1.82, 2.24) is 10.2 Å². The average molecular weight is 244 g/mol. The Morgan fingerprint density at radius 2 is 1.89 bits per heavy atom. The predicted octanol–water partition coefficient (Wildman–Crippen LogP) is 1.93. The van der Waals surface area contributed by atoms with Crippen molar-refractivity contribution in [3.05, 3.63) is 35.9 Å². The molecular formula is C15H20N2O. The third kappa shape index (κ3) is 3.10. The maximum Gasteiger partial charge on any atom is 0.237 e. The summed E-state index contributed by atoms with van der Waals surface area (Å²) in [5.41, 5.74) is 1.23. The van der Waals surface area contributed by atoms with E-state index < -0.39 is 0 Å². The van der Waals surface area contributed by atoms with Crippen molar-refractivity contribution >= 4 is 5.91 Å². The van der Waals surface area contributed by atoms with E-state index in [9.17, 15) is 4.79 Å². The number of hydrogen-bond acceptors (Lipinski definition) is 2. The zero-order chi connectivity index (χ0) is 12.4. The molecule has 1 N–H and O–H groups in total. The molecule has 1 aromatic carbocycles. The number of carbonyl (C=O) groups excluding carboxylic acids is 1. The molecule has 1 amide bonds. The molecule has 0 spiro atoms. The summed E-state index contributed by atoms with van der Waals surface area (Å²) in [5, 5.41) is 3.31. The van der Waals surface area contributed by atoms with E-state index in [0.29, 0.717) is 18.6 Å². The summed E-state index contributed by atoms with van der Waals surface area (Å²) < 4.78 is 0. The van der Waals surface area contributed by atoms with Gasteiger partial charge in [0.05, 0.1) is 6.54 Å². The van der Waals surface area contributed by atoms with Gasteiger partial charge in [-0.05, 0) is 31.2 Å². The maximum absolute atomic E-state index is 12.2.